The van der Waals surface area contributed by atoms with Gasteiger partial charge in [0, 0.05) is 27.9 Å². The van der Waals surface area contributed by atoms with Crippen LogP contribution >= 0.6 is 22.7 Å². The minimum absolute atomic E-state index is 0.140. The fraction of sp³-hybridized carbons (Fsp3) is 0.533. The van der Waals surface area contributed by atoms with Crippen molar-refractivity contribution >= 4 is 22.7 Å². The van der Waals surface area contributed by atoms with Crippen LogP contribution in [0, 0.1) is 0 Å². The third-order valence-electron chi connectivity index (χ3n) is 2.82. The quantitative estimate of drug-likeness (QED) is 0.869. The molecule has 0 spiro atoms. The summed E-state index contributed by atoms with van der Waals surface area (Å²) in [6, 6.07) is 2.15. The summed E-state index contributed by atoms with van der Waals surface area (Å²) in [6.45, 7) is 11.9. The summed E-state index contributed by atoms with van der Waals surface area (Å²) in [5, 5.41) is 8.99. The third-order valence-corrected chi connectivity index (χ3v) is 4.63. The Hall–Kier alpha value is -0.710. The molecule has 104 valence electrons. The molecule has 19 heavy (non-hydrogen) atoms. The van der Waals surface area contributed by atoms with Crippen molar-refractivity contribution in [3.63, 3.8) is 0 Å². The normalized spacial score (nSPS) is 12.3. The molecule has 0 radical (unpaired) electrons. The summed E-state index contributed by atoms with van der Waals surface area (Å²) in [4.78, 5) is 6.20. The zero-order chi connectivity index (χ0) is 14.0. The first kappa shape index (κ1) is 14.7. The van der Waals surface area contributed by atoms with E-state index in [0.29, 0.717) is 5.92 Å². The van der Waals surface area contributed by atoms with Crippen LogP contribution < -0.4 is 5.32 Å². The molecular formula is C15H22N2S2. The van der Waals surface area contributed by atoms with Crippen LogP contribution in [-0.4, -0.2) is 10.5 Å². The van der Waals surface area contributed by atoms with Gasteiger partial charge in [0.05, 0.1) is 5.69 Å². The first-order valence-electron chi connectivity index (χ1n) is 6.64. The van der Waals surface area contributed by atoms with Gasteiger partial charge in [0.25, 0.3) is 0 Å². The van der Waals surface area contributed by atoms with Gasteiger partial charge >= 0.3 is 0 Å². The molecule has 2 aromatic heterocycles. The van der Waals surface area contributed by atoms with E-state index >= 15 is 0 Å². The minimum atomic E-state index is 0.140. The van der Waals surface area contributed by atoms with E-state index in [0.717, 1.165) is 11.6 Å². The van der Waals surface area contributed by atoms with E-state index in [1.165, 1.54) is 16.1 Å². The topological polar surface area (TPSA) is 24.9 Å². The van der Waals surface area contributed by atoms with E-state index in [1.54, 1.807) is 11.3 Å². The van der Waals surface area contributed by atoms with Crippen molar-refractivity contribution in [1.82, 2.24) is 10.3 Å². The number of nitrogens with zero attached hydrogens (tertiary/aromatic N) is 1. The highest BCUT2D eigenvalue weighted by Crippen LogP contribution is 2.32. The summed E-state index contributed by atoms with van der Waals surface area (Å²) in [5.74, 6) is 0.473. The largest absolute Gasteiger partial charge is 0.307 e. The highest BCUT2D eigenvalue weighted by Gasteiger charge is 2.17. The van der Waals surface area contributed by atoms with E-state index in [1.807, 2.05) is 11.3 Å². The van der Waals surface area contributed by atoms with E-state index in [-0.39, 0.29) is 5.54 Å². The molecule has 0 fully saturated rings. The van der Waals surface area contributed by atoms with Crippen LogP contribution in [0.5, 0.6) is 0 Å². The standard InChI is InChI=1S/C15H22N2S2/c1-10(2)13-12(8-16-15(3,4)5)19-14(17-13)11-6-7-18-9-11/h6-7,9-10,16H,8H2,1-5H3. The lowest BCUT2D eigenvalue weighted by molar-refractivity contribution is 0.425. The van der Waals surface area contributed by atoms with Crippen molar-refractivity contribution in [3.05, 3.63) is 27.4 Å². The van der Waals surface area contributed by atoms with Crippen LogP contribution in [0.4, 0.5) is 0 Å². The van der Waals surface area contributed by atoms with Gasteiger partial charge in [-0.1, -0.05) is 13.8 Å². The molecule has 4 heteroatoms. The fourth-order valence-corrected chi connectivity index (χ4v) is 3.66. The molecule has 2 rings (SSSR count). The second kappa shape index (κ2) is 5.73. The second-order valence-corrected chi connectivity index (χ2v) is 7.96. The monoisotopic (exact) mass is 294 g/mol. The first-order valence-corrected chi connectivity index (χ1v) is 8.40. The predicted molar refractivity (Wildman–Crippen MR) is 86.1 cm³/mol. The van der Waals surface area contributed by atoms with Crippen molar-refractivity contribution < 1.29 is 0 Å². The Bertz CT molecular complexity index is 519. The molecule has 0 aromatic carbocycles. The van der Waals surface area contributed by atoms with E-state index in [2.05, 4.69) is 56.8 Å². The van der Waals surface area contributed by atoms with Gasteiger partial charge in [0.1, 0.15) is 5.01 Å². The summed E-state index contributed by atoms with van der Waals surface area (Å²) in [7, 11) is 0. The molecule has 0 bridgehead atoms. The van der Waals surface area contributed by atoms with Crippen molar-refractivity contribution in [1.29, 1.82) is 0 Å². The lowest BCUT2D eigenvalue weighted by atomic mass is 10.1. The average molecular weight is 294 g/mol. The molecule has 2 heterocycles. The molecule has 1 N–H and O–H groups in total. The van der Waals surface area contributed by atoms with E-state index in [4.69, 9.17) is 4.98 Å². The maximum Gasteiger partial charge on any atom is 0.124 e. The number of thiophene rings is 1. The zero-order valence-electron chi connectivity index (χ0n) is 12.3. The average Bonchev–Trinajstić information content (AvgIpc) is 2.94. The van der Waals surface area contributed by atoms with Crippen molar-refractivity contribution in [2.45, 2.75) is 52.6 Å². The summed E-state index contributed by atoms with van der Waals surface area (Å²) in [6.07, 6.45) is 0. The maximum atomic E-state index is 4.84. The smallest absolute Gasteiger partial charge is 0.124 e. The Morgan fingerprint density at radius 1 is 1.32 bits per heavy atom. The van der Waals surface area contributed by atoms with Crippen molar-refractivity contribution in [3.8, 4) is 10.6 Å². The molecule has 2 nitrogen and oxygen atoms in total. The molecule has 0 aliphatic rings. The molecule has 0 amide bonds. The van der Waals surface area contributed by atoms with Crippen LogP contribution in [0.25, 0.3) is 10.6 Å². The molecule has 0 atom stereocenters. The number of hydrogen-bond acceptors (Lipinski definition) is 4. The zero-order valence-corrected chi connectivity index (χ0v) is 13.9. The Morgan fingerprint density at radius 2 is 2.05 bits per heavy atom. The Kier molecular flexibility index (Phi) is 4.43. The third kappa shape index (κ3) is 3.88. The Balaban J connectivity index is 2.26. The van der Waals surface area contributed by atoms with Gasteiger partial charge in [0.15, 0.2) is 0 Å². The van der Waals surface area contributed by atoms with E-state index in [9.17, 15) is 0 Å². The van der Waals surface area contributed by atoms with Crippen LogP contribution in [0.2, 0.25) is 0 Å². The molecule has 0 saturated heterocycles. The first-order chi connectivity index (χ1) is 8.87. The number of thiazole rings is 1. The van der Waals surface area contributed by atoms with Gasteiger partial charge in [-0.2, -0.15) is 11.3 Å². The molecule has 2 aromatic rings. The van der Waals surface area contributed by atoms with Crippen molar-refractivity contribution in [2.75, 3.05) is 0 Å². The maximum absolute atomic E-state index is 4.84. The molecule has 0 saturated carbocycles. The van der Waals surface area contributed by atoms with Crippen LogP contribution in [0.1, 0.15) is 51.1 Å². The SMILES string of the molecule is CC(C)c1nc(-c2ccsc2)sc1CNC(C)(C)C. The second-order valence-electron chi connectivity index (χ2n) is 6.10. The Labute approximate surface area is 123 Å². The lowest BCUT2D eigenvalue weighted by Crippen LogP contribution is -2.35. The molecule has 0 unspecified atom stereocenters. The number of rotatable bonds is 4. The van der Waals surface area contributed by atoms with Crippen LogP contribution in [-0.2, 0) is 6.54 Å². The van der Waals surface area contributed by atoms with Gasteiger partial charge in [-0.3, -0.25) is 0 Å². The van der Waals surface area contributed by atoms with Crippen LogP contribution in [0.15, 0.2) is 16.8 Å². The van der Waals surface area contributed by atoms with Crippen molar-refractivity contribution in [2.24, 2.45) is 0 Å². The lowest BCUT2D eigenvalue weighted by Gasteiger charge is -2.20. The van der Waals surface area contributed by atoms with Gasteiger partial charge in [-0.25, -0.2) is 4.98 Å². The summed E-state index contributed by atoms with van der Waals surface area (Å²) < 4.78 is 0. The summed E-state index contributed by atoms with van der Waals surface area (Å²) >= 11 is 3.55. The predicted octanol–water partition coefficient (Wildman–Crippen LogP) is 4.88. The molecular weight excluding hydrogens is 272 g/mol. The number of aromatic nitrogens is 1. The number of nitrogens with one attached hydrogen (secondary N) is 1. The van der Waals surface area contributed by atoms with Gasteiger partial charge < -0.3 is 5.32 Å². The number of hydrogen-bond donors (Lipinski definition) is 1. The van der Waals surface area contributed by atoms with E-state index < -0.39 is 0 Å². The highest BCUT2D eigenvalue weighted by atomic mass is 32.1. The minimum Gasteiger partial charge on any atom is -0.307 e. The van der Waals surface area contributed by atoms with Gasteiger partial charge in [0.2, 0.25) is 0 Å². The van der Waals surface area contributed by atoms with Crippen LogP contribution in [0.3, 0.4) is 0 Å². The molecule has 0 aliphatic heterocycles. The highest BCUT2D eigenvalue weighted by molar-refractivity contribution is 7.15. The summed E-state index contributed by atoms with van der Waals surface area (Å²) in [5.41, 5.74) is 2.63. The van der Waals surface area contributed by atoms with Gasteiger partial charge in [-0.05, 0) is 38.1 Å². The fourth-order valence-electron chi connectivity index (χ4n) is 1.80. The Morgan fingerprint density at radius 3 is 2.58 bits per heavy atom. The molecule has 0 aliphatic carbocycles. The van der Waals surface area contributed by atoms with Gasteiger partial charge in [-0.15, -0.1) is 11.3 Å².